The van der Waals surface area contributed by atoms with E-state index in [-0.39, 0.29) is 36.8 Å². The zero-order valence-corrected chi connectivity index (χ0v) is 16.7. The number of nitrogens with zero attached hydrogens (tertiary/aromatic N) is 1. The summed E-state index contributed by atoms with van der Waals surface area (Å²) in [5.41, 5.74) is 1.22. The van der Waals surface area contributed by atoms with Crippen LogP contribution in [0, 0.1) is 11.6 Å². The number of likely N-dealkylation sites (N-methyl/N-ethyl adjacent to an activating group) is 1. The summed E-state index contributed by atoms with van der Waals surface area (Å²) in [5, 5.41) is 6.47. The first-order valence-electron chi connectivity index (χ1n) is 9.04. The molecule has 1 aliphatic heterocycles. The molecule has 9 heteroatoms. The molecule has 1 aromatic carbocycles. The summed E-state index contributed by atoms with van der Waals surface area (Å²) < 4.78 is 37.8. The fourth-order valence-electron chi connectivity index (χ4n) is 3.07. The fraction of sp³-hybridized carbons (Fsp3) is 0.300. The first kappa shape index (κ1) is 20.8. The van der Waals surface area contributed by atoms with Gasteiger partial charge in [-0.15, -0.1) is 0 Å². The number of hydrogen-bond donors (Lipinski definition) is 1. The van der Waals surface area contributed by atoms with E-state index in [4.69, 9.17) is 9.47 Å². The van der Waals surface area contributed by atoms with Gasteiger partial charge in [0, 0.05) is 12.6 Å². The first-order valence-corrected chi connectivity index (χ1v) is 9.98. The number of urea groups is 1. The van der Waals surface area contributed by atoms with Crippen molar-refractivity contribution in [1.82, 2.24) is 10.2 Å². The van der Waals surface area contributed by atoms with E-state index in [0.29, 0.717) is 6.07 Å². The molecule has 1 aromatic heterocycles. The second kappa shape index (κ2) is 9.04. The van der Waals surface area contributed by atoms with Gasteiger partial charge in [-0.2, -0.15) is 11.3 Å². The summed E-state index contributed by atoms with van der Waals surface area (Å²) in [6.45, 7) is 3.57. The number of rotatable bonds is 7. The summed E-state index contributed by atoms with van der Waals surface area (Å²) >= 11 is 1.43. The molecule has 6 nitrogen and oxygen atoms in total. The number of halogens is 2. The van der Waals surface area contributed by atoms with E-state index in [9.17, 15) is 18.4 Å². The topological polar surface area (TPSA) is 67.9 Å². The van der Waals surface area contributed by atoms with Crippen molar-refractivity contribution in [2.45, 2.75) is 19.9 Å². The highest BCUT2D eigenvalue weighted by molar-refractivity contribution is 7.08. The maximum atomic E-state index is 14.0. The lowest BCUT2D eigenvalue weighted by Gasteiger charge is -2.35. The van der Waals surface area contributed by atoms with E-state index < -0.39 is 29.7 Å². The third-order valence-electron chi connectivity index (χ3n) is 4.38. The van der Waals surface area contributed by atoms with E-state index in [1.165, 1.54) is 16.2 Å². The van der Waals surface area contributed by atoms with E-state index >= 15 is 0 Å². The van der Waals surface area contributed by atoms with E-state index in [1.54, 1.807) is 19.9 Å². The molecule has 0 saturated carbocycles. The van der Waals surface area contributed by atoms with Gasteiger partial charge in [0.15, 0.2) is 11.6 Å². The van der Waals surface area contributed by atoms with Gasteiger partial charge in [-0.1, -0.05) is 0 Å². The predicted molar refractivity (Wildman–Crippen MR) is 103 cm³/mol. The molecule has 0 bridgehead atoms. The molecule has 0 unspecified atom stereocenters. The zero-order valence-electron chi connectivity index (χ0n) is 15.9. The number of benzene rings is 1. The van der Waals surface area contributed by atoms with Crippen molar-refractivity contribution in [3.63, 3.8) is 0 Å². The molecule has 154 valence electrons. The standard InChI is InChI=1S/C20H20F2N2O4S/c1-3-24-15(10-28-16-6-5-13(21)9-14(16)22)17(19(25)27-4-2)18(23-20(24)26)12-7-8-29-11-12/h5-9,11,18H,3-4,10H2,1-2H3,(H,23,26)/t18-/m1/s1. The largest absolute Gasteiger partial charge is 0.484 e. The van der Waals surface area contributed by atoms with Crippen LogP contribution < -0.4 is 10.1 Å². The molecule has 0 aliphatic carbocycles. The second-order valence-corrected chi connectivity index (χ2v) is 6.91. The average molecular weight is 422 g/mol. The van der Waals surface area contributed by atoms with Gasteiger partial charge in [-0.25, -0.2) is 18.4 Å². The van der Waals surface area contributed by atoms with Crippen LogP contribution in [0.2, 0.25) is 0 Å². The molecule has 0 spiro atoms. The van der Waals surface area contributed by atoms with Gasteiger partial charge in [0.05, 0.1) is 23.9 Å². The molecule has 29 heavy (non-hydrogen) atoms. The molecule has 2 aromatic rings. The Labute approximate surface area is 170 Å². The predicted octanol–water partition coefficient (Wildman–Crippen LogP) is 4.01. The van der Waals surface area contributed by atoms with Crippen molar-refractivity contribution in [3.8, 4) is 5.75 Å². The molecule has 2 amide bonds. The van der Waals surface area contributed by atoms with Gasteiger partial charge in [0.25, 0.3) is 0 Å². The number of esters is 1. The van der Waals surface area contributed by atoms with Crippen molar-refractivity contribution in [3.05, 3.63) is 63.5 Å². The molecular weight excluding hydrogens is 402 g/mol. The third kappa shape index (κ3) is 4.40. The molecule has 1 aliphatic rings. The number of thiophene rings is 1. The lowest BCUT2D eigenvalue weighted by molar-refractivity contribution is -0.139. The monoisotopic (exact) mass is 422 g/mol. The van der Waals surface area contributed by atoms with E-state index in [0.717, 1.165) is 17.7 Å². The van der Waals surface area contributed by atoms with Crippen molar-refractivity contribution in [2.75, 3.05) is 19.8 Å². The minimum atomic E-state index is -0.874. The number of ether oxygens (including phenoxy) is 2. The number of nitrogens with one attached hydrogen (secondary N) is 1. The highest BCUT2D eigenvalue weighted by Crippen LogP contribution is 2.33. The fourth-order valence-corrected chi connectivity index (χ4v) is 3.76. The van der Waals surface area contributed by atoms with Crippen LogP contribution in [-0.2, 0) is 9.53 Å². The quantitative estimate of drug-likeness (QED) is 0.685. The van der Waals surface area contributed by atoms with Crippen LogP contribution in [0.4, 0.5) is 13.6 Å². The van der Waals surface area contributed by atoms with Crippen molar-refractivity contribution < 1.29 is 27.8 Å². The highest BCUT2D eigenvalue weighted by Gasteiger charge is 2.38. The number of hydrogen-bond acceptors (Lipinski definition) is 5. The summed E-state index contributed by atoms with van der Waals surface area (Å²) in [4.78, 5) is 26.8. The van der Waals surface area contributed by atoms with Gasteiger partial charge >= 0.3 is 12.0 Å². The van der Waals surface area contributed by atoms with Crippen LogP contribution in [0.15, 0.2) is 46.3 Å². The van der Waals surface area contributed by atoms with Crippen molar-refractivity contribution in [2.24, 2.45) is 0 Å². The van der Waals surface area contributed by atoms with Crippen molar-refractivity contribution >= 4 is 23.3 Å². The molecule has 0 radical (unpaired) electrons. The maximum Gasteiger partial charge on any atom is 0.338 e. The second-order valence-electron chi connectivity index (χ2n) is 6.13. The van der Waals surface area contributed by atoms with Crippen LogP contribution in [0.25, 0.3) is 0 Å². The summed E-state index contributed by atoms with van der Waals surface area (Å²) in [6.07, 6.45) is 0. The van der Waals surface area contributed by atoms with Crippen LogP contribution in [-0.4, -0.2) is 36.7 Å². The van der Waals surface area contributed by atoms with Gasteiger partial charge in [-0.05, 0) is 48.4 Å². The molecule has 2 heterocycles. The van der Waals surface area contributed by atoms with E-state index in [1.807, 2.05) is 10.8 Å². The summed E-state index contributed by atoms with van der Waals surface area (Å²) in [5.74, 6) is -2.39. The Kier molecular flexibility index (Phi) is 6.48. The average Bonchev–Trinajstić information content (AvgIpc) is 3.21. The number of carbonyl (C=O) groups excluding carboxylic acids is 2. The van der Waals surface area contributed by atoms with Crippen LogP contribution in [0.1, 0.15) is 25.5 Å². The molecular formula is C20H20F2N2O4S. The third-order valence-corrected chi connectivity index (χ3v) is 5.09. The molecule has 0 fully saturated rings. The Bertz CT molecular complexity index is 931. The Balaban J connectivity index is 2.03. The normalized spacial score (nSPS) is 16.6. The molecule has 3 rings (SSSR count). The van der Waals surface area contributed by atoms with Crippen molar-refractivity contribution in [1.29, 1.82) is 0 Å². The molecule has 1 N–H and O–H groups in total. The highest BCUT2D eigenvalue weighted by atomic mass is 32.1. The SMILES string of the molecule is CCOC(=O)C1=C(COc2ccc(F)cc2F)N(CC)C(=O)N[C@@H]1c1ccsc1. The Morgan fingerprint density at radius 1 is 1.28 bits per heavy atom. The Morgan fingerprint density at radius 2 is 2.07 bits per heavy atom. The van der Waals surface area contributed by atoms with E-state index in [2.05, 4.69) is 5.32 Å². The van der Waals surface area contributed by atoms with Crippen LogP contribution in [0.5, 0.6) is 5.75 Å². The maximum absolute atomic E-state index is 14.0. The molecule has 0 saturated heterocycles. The summed E-state index contributed by atoms with van der Waals surface area (Å²) in [6, 6.07) is 3.61. The Hall–Kier alpha value is -2.94. The van der Waals surface area contributed by atoms with Gasteiger partial charge in [0.2, 0.25) is 0 Å². The van der Waals surface area contributed by atoms with Gasteiger partial charge < -0.3 is 14.8 Å². The Morgan fingerprint density at radius 3 is 2.69 bits per heavy atom. The number of carbonyl (C=O) groups is 2. The van der Waals surface area contributed by atoms with Crippen LogP contribution >= 0.6 is 11.3 Å². The summed E-state index contributed by atoms with van der Waals surface area (Å²) in [7, 11) is 0. The van der Waals surface area contributed by atoms with Gasteiger partial charge in [-0.3, -0.25) is 4.90 Å². The lowest BCUT2D eigenvalue weighted by atomic mass is 9.96. The molecule has 1 atom stereocenters. The minimum Gasteiger partial charge on any atom is -0.484 e. The number of amides is 2. The minimum absolute atomic E-state index is 0.152. The lowest BCUT2D eigenvalue weighted by Crippen LogP contribution is -2.49. The zero-order chi connectivity index (χ0) is 21.0. The first-order chi connectivity index (χ1) is 14.0. The smallest absolute Gasteiger partial charge is 0.338 e. The van der Waals surface area contributed by atoms with Gasteiger partial charge in [0.1, 0.15) is 12.4 Å². The van der Waals surface area contributed by atoms with Crippen LogP contribution in [0.3, 0.4) is 0 Å².